The first-order valence-corrected chi connectivity index (χ1v) is 11.3. The fourth-order valence-corrected chi connectivity index (χ4v) is 4.39. The second kappa shape index (κ2) is 10.4. The normalized spacial score (nSPS) is 19.0. The van der Waals surface area contributed by atoms with Gasteiger partial charge in [-0.1, -0.05) is 43.1 Å². The first-order valence-electron chi connectivity index (χ1n) is 10.6. The van der Waals surface area contributed by atoms with Crippen molar-refractivity contribution in [2.24, 2.45) is 11.8 Å². The highest BCUT2D eigenvalue weighted by atomic mass is 35.5. The van der Waals surface area contributed by atoms with Crippen LogP contribution in [0, 0.1) is 22.0 Å². The van der Waals surface area contributed by atoms with E-state index in [-0.39, 0.29) is 27.0 Å². The Bertz CT molecular complexity index is 1070. The number of nitrogens with one attached hydrogen (secondary N) is 1. The number of anilines is 2. The molecule has 0 spiro atoms. The largest absolute Gasteiger partial charge is 0.449 e. The van der Waals surface area contributed by atoms with Crippen LogP contribution in [0.2, 0.25) is 10.0 Å². The van der Waals surface area contributed by atoms with Crippen LogP contribution in [-0.4, -0.2) is 36.0 Å². The fraction of sp³-hybridized carbons (Fsp3) is 0.391. The zero-order valence-corrected chi connectivity index (χ0v) is 20.0. The van der Waals surface area contributed by atoms with Gasteiger partial charge in [-0.05, 0) is 49.4 Å². The van der Waals surface area contributed by atoms with E-state index in [1.165, 1.54) is 19.1 Å². The lowest BCUT2D eigenvalue weighted by molar-refractivity contribution is -0.384. The number of piperidine rings is 1. The maximum Gasteiger partial charge on any atom is 0.339 e. The number of nitro groups is 1. The molecule has 2 aromatic carbocycles. The van der Waals surface area contributed by atoms with Crippen molar-refractivity contribution in [1.29, 1.82) is 0 Å². The monoisotopic (exact) mass is 493 g/mol. The van der Waals surface area contributed by atoms with Crippen molar-refractivity contribution in [3.8, 4) is 0 Å². The molecule has 0 radical (unpaired) electrons. The van der Waals surface area contributed by atoms with Gasteiger partial charge in [0, 0.05) is 19.2 Å². The van der Waals surface area contributed by atoms with Crippen LogP contribution < -0.4 is 10.2 Å². The molecule has 10 heteroatoms. The average molecular weight is 494 g/mol. The first-order chi connectivity index (χ1) is 15.6. The van der Waals surface area contributed by atoms with Gasteiger partial charge in [-0.15, -0.1) is 0 Å². The van der Waals surface area contributed by atoms with Crippen molar-refractivity contribution in [2.75, 3.05) is 23.3 Å². The average Bonchev–Trinajstić information content (AvgIpc) is 2.75. The lowest BCUT2D eigenvalue weighted by Crippen LogP contribution is -2.39. The van der Waals surface area contributed by atoms with Gasteiger partial charge in [0.05, 0.1) is 26.2 Å². The Morgan fingerprint density at radius 2 is 1.85 bits per heavy atom. The molecule has 3 rings (SSSR count). The van der Waals surface area contributed by atoms with Crippen LogP contribution in [0.5, 0.6) is 0 Å². The molecule has 0 bridgehead atoms. The number of amides is 1. The van der Waals surface area contributed by atoms with Gasteiger partial charge in [0.1, 0.15) is 5.69 Å². The molecular formula is C23H25Cl2N3O5. The van der Waals surface area contributed by atoms with Crippen molar-refractivity contribution in [1.82, 2.24) is 0 Å². The molecule has 1 heterocycles. The van der Waals surface area contributed by atoms with Gasteiger partial charge in [-0.3, -0.25) is 14.9 Å². The zero-order chi connectivity index (χ0) is 24.3. The third-order valence-electron chi connectivity index (χ3n) is 5.48. The van der Waals surface area contributed by atoms with Crippen molar-refractivity contribution in [3.05, 3.63) is 62.1 Å². The number of esters is 1. The molecule has 3 atom stereocenters. The second-order valence-electron chi connectivity index (χ2n) is 8.45. The summed E-state index contributed by atoms with van der Waals surface area (Å²) < 4.78 is 5.23. The molecule has 176 valence electrons. The highest BCUT2D eigenvalue weighted by molar-refractivity contribution is 6.44. The van der Waals surface area contributed by atoms with E-state index < -0.39 is 22.9 Å². The van der Waals surface area contributed by atoms with Crippen molar-refractivity contribution < 1.29 is 19.2 Å². The van der Waals surface area contributed by atoms with E-state index in [4.69, 9.17) is 27.9 Å². The summed E-state index contributed by atoms with van der Waals surface area (Å²) in [6.45, 7) is 7.04. The Labute approximate surface area is 202 Å². The minimum atomic E-state index is -1.17. The van der Waals surface area contributed by atoms with Crippen LogP contribution in [0.15, 0.2) is 36.4 Å². The van der Waals surface area contributed by atoms with Gasteiger partial charge >= 0.3 is 5.97 Å². The molecule has 0 aliphatic carbocycles. The van der Waals surface area contributed by atoms with Gasteiger partial charge in [-0.25, -0.2) is 4.79 Å². The molecule has 33 heavy (non-hydrogen) atoms. The predicted molar refractivity (Wildman–Crippen MR) is 128 cm³/mol. The topological polar surface area (TPSA) is 102 Å². The van der Waals surface area contributed by atoms with E-state index in [1.807, 2.05) is 4.90 Å². The highest BCUT2D eigenvalue weighted by Crippen LogP contribution is 2.34. The van der Waals surface area contributed by atoms with Crippen LogP contribution >= 0.6 is 23.2 Å². The van der Waals surface area contributed by atoms with E-state index in [0.29, 0.717) is 30.6 Å². The van der Waals surface area contributed by atoms with Crippen LogP contribution in [0.3, 0.4) is 0 Å². The van der Waals surface area contributed by atoms with Crippen LogP contribution in [0.1, 0.15) is 37.6 Å². The number of halogens is 2. The molecule has 0 aromatic heterocycles. The van der Waals surface area contributed by atoms with E-state index in [0.717, 1.165) is 6.42 Å². The number of ether oxygens (including phenoxy) is 1. The van der Waals surface area contributed by atoms with Gasteiger partial charge < -0.3 is 15.0 Å². The van der Waals surface area contributed by atoms with Gasteiger partial charge in [-0.2, -0.15) is 0 Å². The Kier molecular flexibility index (Phi) is 7.81. The quantitative estimate of drug-likeness (QED) is 0.320. The lowest BCUT2D eigenvalue weighted by atomic mass is 9.91. The number of nitro benzene ring substituents is 1. The summed E-state index contributed by atoms with van der Waals surface area (Å²) in [7, 11) is 0. The zero-order valence-electron chi connectivity index (χ0n) is 18.5. The summed E-state index contributed by atoms with van der Waals surface area (Å²) in [4.78, 5) is 38.3. The molecule has 0 unspecified atom stereocenters. The van der Waals surface area contributed by atoms with Gasteiger partial charge in [0.2, 0.25) is 0 Å². The summed E-state index contributed by atoms with van der Waals surface area (Å²) in [5.74, 6) is -0.643. The SMILES string of the molecule is C[C@@H]1C[C@@H](C)CN(c2ccc(C(=O)O[C@@H](C)C(=O)Nc3cccc(Cl)c3Cl)cc2[N+](=O)[O-])C1. The Balaban J connectivity index is 1.74. The van der Waals surface area contributed by atoms with Crippen molar-refractivity contribution in [3.63, 3.8) is 0 Å². The molecule has 2 aromatic rings. The Hall–Kier alpha value is -2.84. The van der Waals surface area contributed by atoms with E-state index in [2.05, 4.69) is 19.2 Å². The fourth-order valence-electron chi connectivity index (χ4n) is 4.04. The number of carbonyl (C=O) groups excluding carboxylic acids is 2. The summed E-state index contributed by atoms with van der Waals surface area (Å²) in [5, 5.41) is 14.7. The smallest absolute Gasteiger partial charge is 0.339 e. The van der Waals surface area contributed by atoms with Crippen molar-refractivity contribution in [2.45, 2.75) is 33.3 Å². The minimum absolute atomic E-state index is 0.0102. The molecule has 1 N–H and O–H groups in total. The highest BCUT2D eigenvalue weighted by Gasteiger charge is 2.29. The number of rotatable bonds is 6. The minimum Gasteiger partial charge on any atom is -0.449 e. The third-order valence-corrected chi connectivity index (χ3v) is 6.30. The number of benzene rings is 2. The van der Waals surface area contributed by atoms with E-state index in [9.17, 15) is 19.7 Å². The molecule has 1 aliphatic heterocycles. The molecule has 1 aliphatic rings. The Morgan fingerprint density at radius 3 is 2.48 bits per heavy atom. The van der Waals surface area contributed by atoms with Crippen LogP contribution in [0.25, 0.3) is 0 Å². The lowest BCUT2D eigenvalue weighted by Gasteiger charge is -2.36. The summed E-state index contributed by atoms with van der Waals surface area (Å²) >= 11 is 12.0. The Morgan fingerprint density at radius 1 is 1.18 bits per heavy atom. The molecule has 1 saturated heterocycles. The summed E-state index contributed by atoms with van der Waals surface area (Å²) in [6, 6.07) is 8.99. The summed E-state index contributed by atoms with van der Waals surface area (Å²) in [5.41, 5.74) is 0.566. The van der Waals surface area contributed by atoms with Crippen LogP contribution in [-0.2, 0) is 9.53 Å². The summed E-state index contributed by atoms with van der Waals surface area (Å²) in [6.07, 6.45) is -0.107. The number of nitrogens with zero attached hydrogens (tertiary/aromatic N) is 2. The molecule has 1 amide bonds. The third kappa shape index (κ3) is 5.94. The maximum absolute atomic E-state index is 12.6. The predicted octanol–water partition coefficient (Wildman–Crippen LogP) is 5.57. The van der Waals surface area contributed by atoms with Gasteiger partial charge in [0.25, 0.3) is 11.6 Å². The maximum atomic E-state index is 12.6. The number of carbonyl (C=O) groups is 2. The molecule has 1 fully saturated rings. The second-order valence-corrected chi connectivity index (χ2v) is 9.23. The number of hydrogen-bond donors (Lipinski definition) is 1. The van der Waals surface area contributed by atoms with Gasteiger partial charge in [0.15, 0.2) is 6.10 Å². The van der Waals surface area contributed by atoms with Crippen LogP contribution in [0.4, 0.5) is 17.1 Å². The standard InChI is InChI=1S/C23H25Cl2N3O5/c1-13-9-14(2)12-27(11-13)19-8-7-16(10-20(19)28(31)32)23(30)33-15(3)22(29)26-18-6-4-5-17(24)21(18)25/h4-8,10,13-15H,9,11-12H2,1-3H3,(H,26,29)/t13-,14-,15+/m1/s1. The van der Waals surface area contributed by atoms with E-state index >= 15 is 0 Å². The molecule has 0 saturated carbocycles. The first kappa shape index (κ1) is 24.8. The molecule has 8 nitrogen and oxygen atoms in total. The number of hydrogen-bond acceptors (Lipinski definition) is 6. The van der Waals surface area contributed by atoms with Crippen molar-refractivity contribution >= 4 is 52.1 Å². The molecular weight excluding hydrogens is 469 g/mol. The van der Waals surface area contributed by atoms with E-state index in [1.54, 1.807) is 24.3 Å².